The normalized spacial score (nSPS) is 9.16. The van der Waals surface area contributed by atoms with Crippen LogP contribution in [0.15, 0.2) is 24.3 Å². The largest absolute Gasteiger partial charge is 0.484 e. The Morgan fingerprint density at radius 2 is 1.89 bits per heavy atom. The van der Waals surface area contributed by atoms with Gasteiger partial charge in [0.15, 0.2) is 12.9 Å². The molecule has 0 aromatic heterocycles. The molecular weight excluding hydrogens is 242 g/mol. The molecule has 0 heterocycles. The van der Waals surface area contributed by atoms with E-state index < -0.39 is 0 Å². The molecule has 0 spiro atoms. The van der Waals surface area contributed by atoms with Crippen molar-refractivity contribution in [2.24, 2.45) is 0 Å². The molecule has 1 aromatic rings. The summed E-state index contributed by atoms with van der Waals surface area (Å²) in [5.74, 6) is 5.58. The monoisotopic (exact) mass is 259 g/mol. The molecule has 0 saturated heterocycles. The Morgan fingerprint density at radius 3 is 2.42 bits per heavy atom. The van der Waals surface area contributed by atoms with E-state index in [4.69, 9.17) is 4.74 Å². The molecule has 19 heavy (non-hydrogen) atoms. The van der Waals surface area contributed by atoms with Gasteiger partial charge in [-0.2, -0.15) is 0 Å². The van der Waals surface area contributed by atoms with E-state index in [2.05, 4.69) is 11.8 Å². The molecule has 100 valence electrons. The summed E-state index contributed by atoms with van der Waals surface area (Å²) in [5, 5.41) is 0. The number of amides is 1. The summed E-state index contributed by atoms with van der Waals surface area (Å²) in [4.78, 5) is 23.5. The van der Waals surface area contributed by atoms with Gasteiger partial charge in [0.2, 0.25) is 0 Å². The average Bonchev–Trinajstić information content (AvgIpc) is 2.45. The first-order chi connectivity index (χ1) is 9.21. The molecule has 0 N–H and O–H groups in total. The SMILES string of the molecule is CCN(CC)C(=O)COc1ccc(C#CC=O)cc1. The highest BCUT2D eigenvalue weighted by molar-refractivity contribution is 5.77. The van der Waals surface area contributed by atoms with Crippen molar-refractivity contribution in [2.45, 2.75) is 13.8 Å². The molecule has 4 heteroatoms. The molecule has 0 saturated carbocycles. The standard InChI is InChI=1S/C15H17NO3/c1-3-16(4-2)15(18)12-19-14-9-7-13(8-10-14)6-5-11-17/h7-11H,3-4,12H2,1-2H3. The van der Waals surface area contributed by atoms with Crippen LogP contribution >= 0.6 is 0 Å². The van der Waals surface area contributed by atoms with Crippen LogP contribution in [0.5, 0.6) is 5.75 Å². The van der Waals surface area contributed by atoms with Gasteiger partial charge in [0.1, 0.15) is 5.75 Å². The molecule has 0 atom stereocenters. The summed E-state index contributed by atoms with van der Waals surface area (Å²) >= 11 is 0. The molecule has 0 aliphatic carbocycles. The molecule has 0 unspecified atom stereocenters. The summed E-state index contributed by atoms with van der Waals surface area (Å²) in [7, 11) is 0. The molecule has 1 aromatic carbocycles. The first kappa shape index (κ1) is 14.8. The minimum atomic E-state index is -0.0326. The Bertz CT molecular complexity index is 478. The number of hydrogen-bond donors (Lipinski definition) is 0. The van der Waals surface area contributed by atoms with Crippen molar-refractivity contribution in [3.05, 3.63) is 29.8 Å². The molecule has 0 aliphatic heterocycles. The minimum Gasteiger partial charge on any atom is -0.484 e. The topological polar surface area (TPSA) is 46.6 Å². The predicted octanol–water partition coefficient (Wildman–Crippen LogP) is 1.48. The van der Waals surface area contributed by atoms with Crippen molar-refractivity contribution in [1.29, 1.82) is 0 Å². The Morgan fingerprint density at radius 1 is 1.26 bits per heavy atom. The van der Waals surface area contributed by atoms with Gasteiger partial charge in [0, 0.05) is 18.7 Å². The van der Waals surface area contributed by atoms with Crippen molar-refractivity contribution >= 4 is 12.2 Å². The lowest BCUT2D eigenvalue weighted by molar-refractivity contribution is -0.132. The van der Waals surface area contributed by atoms with Gasteiger partial charge < -0.3 is 9.64 Å². The third-order valence-electron chi connectivity index (χ3n) is 2.61. The second-order valence-electron chi connectivity index (χ2n) is 3.77. The van der Waals surface area contributed by atoms with Crippen molar-refractivity contribution in [3.8, 4) is 17.6 Å². The van der Waals surface area contributed by atoms with Crippen LogP contribution in [-0.2, 0) is 9.59 Å². The molecule has 0 aliphatic rings. The van der Waals surface area contributed by atoms with Gasteiger partial charge in [-0.1, -0.05) is 5.92 Å². The van der Waals surface area contributed by atoms with Gasteiger partial charge in [-0.25, -0.2) is 0 Å². The lowest BCUT2D eigenvalue weighted by Gasteiger charge is -2.18. The zero-order chi connectivity index (χ0) is 14.1. The summed E-state index contributed by atoms with van der Waals surface area (Å²) < 4.78 is 5.40. The quantitative estimate of drug-likeness (QED) is 0.594. The Labute approximate surface area is 113 Å². The minimum absolute atomic E-state index is 0.0288. The number of ether oxygens (including phenoxy) is 1. The number of likely N-dealkylation sites (N-methyl/N-ethyl adjacent to an activating group) is 1. The predicted molar refractivity (Wildman–Crippen MR) is 72.8 cm³/mol. The second kappa shape index (κ2) is 7.93. The Hall–Kier alpha value is -2.28. The van der Waals surface area contributed by atoms with E-state index in [0.29, 0.717) is 25.1 Å². The van der Waals surface area contributed by atoms with Crippen molar-refractivity contribution in [2.75, 3.05) is 19.7 Å². The Balaban J connectivity index is 2.54. The molecule has 1 amide bonds. The molecule has 4 nitrogen and oxygen atoms in total. The molecule has 1 rings (SSSR count). The third kappa shape index (κ3) is 4.84. The number of aldehydes is 1. The van der Waals surface area contributed by atoms with Crippen LogP contribution in [0, 0.1) is 11.8 Å². The maximum absolute atomic E-state index is 11.7. The van der Waals surface area contributed by atoms with E-state index in [1.807, 2.05) is 13.8 Å². The average molecular weight is 259 g/mol. The maximum atomic E-state index is 11.7. The fraction of sp³-hybridized carbons (Fsp3) is 0.333. The number of carbonyl (C=O) groups is 2. The van der Waals surface area contributed by atoms with E-state index in [1.54, 1.807) is 29.2 Å². The molecular formula is C15H17NO3. The summed E-state index contributed by atoms with van der Waals surface area (Å²) in [5.41, 5.74) is 0.731. The van der Waals surface area contributed by atoms with E-state index in [-0.39, 0.29) is 12.5 Å². The van der Waals surface area contributed by atoms with Crippen molar-refractivity contribution in [1.82, 2.24) is 4.90 Å². The highest BCUT2D eigenvalue weighted by atomic mass is 16.5. The van der Waals surface area contributed by atoms with Gasteiger partial charge in [-0.3, -0.25) is 9.59 Å². The van der Waals surface area contributed by atoms with Crippen LogP contribution < -0.4 is 4.74 Å². The number of hydrogen-bond acceptors (Lipinski definition) is 3. The second-order valence-corrected chi connectivity index (χ2v) is 3.77. The fourth-order valence-corrected chi connectivity index (χ4v) is 1.56. The van der Waals surface area contributed by atoms with E-state index in [9.17, 15) is 9.59 Å². The van der Waals surface area contributed by atoms with Crippen LogP contribution in [0.1, 0.15) is 19.4 Å². The van der Waals surface area contributed by atoms with Crippen LogP contribution in [0.2, 0.25) is 0 Å². The highest BCUT2D eigenvalue weighted by Crippen LogP contribution is 2.11. The van der Waals surface area contributed by atoms with Crippen molar-refractivity contribution < 1.29 is 14.3 Å². The highest BCUT2D eigenvalue weighted by Gasteiger charge is 2.09. The van der Waals surface area contributed by atoms with Gasteiger partial charge in [-0.15, -0.1) is 0 Å². The molecule has 0 fully saturated rings. The lowest BCUT2D eigenvalue weighted by Crippen LogP contribution is -2.34. The van der Waals surface area contributed by atoms with E-state index in [0.717, 1.165) is 5.56 Å². The van der Waals surface area contributed by atoms with Gasteiger partial charge in [0.25, 0.3) is 5.91 Å². The first-order valence-electron chi connectivity index (χ1n) is 6.17. The summed E-state index contributed by atoms with van der Waals surface area (Å²) in [6.45, 7) is 5.25. The molecule has 0 radical (unpaired) electrons. The van der Waals surface area contributed by atoms with Crippen molar-refractivity contribution in [3.63, 3.8) is 0 Å². The number of rotatable bonds is 5. The van der Waals surface area contributed by atoms with E-state index in [1.165, 1.54) is 0 Å². The van der Waals surface area contributed by atoms with Crippen LogP contribution in [-0.4, -0.2) is 36.8 Å². The van der Waals surface area contributed by atoms with Gasteiger partial charge in [-0.05, 0) is 44.0 Å². The zero-order valence-electron chi connectivity index (χ0n) is 11.2. The third-order valence-corrected chi connectivity index (χ3v) is 2.61. The van der Waals surface area contributed by atoms with Crippen LogP contribution in [0.4, 0.5) is 0 Å². The van der Waals surface area contributed by atoms with Gasteiger partial charge >= 0.3 is 0 Å². The van der Waals surface area contributed by atoms with Gasteiger partial charge in [0.05, 0.1) is 0 Å². The first-order valence-corrected chi connectivity index (χ1v) is 6.17. The van der Waals surface area contributed by atoms with Crippen LogP contribution in [0.25, 0.3) is 0 Å². The van der Waals surface area contributed by atoms with Crippen LogP contribution in [0.3, 0.4) is 0 Å². The fourth-order valence-electron chi connectivity index (χ4n) is 1.56. The smallest absolute Gasteiger partial charge is 0.260 e. The maximum Gasteiger partial charge on any atom is 0.260 e. The van der Waals surface area contributed by atoms with E-state index >= 15 is 0 Å². The molecule has 0 bridgehead atoms. The number of nitrogens with zero attached hydrogens (tertiary/aromatic N) is 1. The summed E-state index contributed by atoms with van der Waals surface area (Å²) in [6, 6.07) is 6.94. The number of benzene rings is 1. The summed E-state index contributed by atoms with van der Waals surface area (Å²) in [6.07, 6.45) is 0.549. The zero-order valence-corrected chi connectivity index (χ0v) is 11.2. The Kier molecular flexibility index (Phi) is 6.17. The lowest BCUT2D eigenvalue weighted by atomic mass is 10.2. The number of carbonyl (C=O) groups excluding carboxylic acids is 2.